The predicted molar refractivity (Wildman–Crippen MR) is 106 cm³/mol. The molecule has 1 amide bonds. The number of amides is 1. The van der Waals surface area contributed by atoms with Crippen molar-refractivity contribution in [1.29, 1.82) is 0 Å². The minimum Gasteiger partial charge on any atom is -0.461 e. The molecule has 0 unspecified atom stereocenters. The zero-order chi connectivity index (χ0) is 21.3. The Labute approximate surface area is 174 Å². The third-order valence-electron chi connectivity index (χ3n) is 4.55. The van der Waals surface area contributed by atoms with Gasteiger partial charge in [-0.25, -0.2) is 4.39 Å². The highest BCUT2D eigenvalue weighted by Crippen LogP contribution is 2.25. The van der Waals surface area contributed by atoms with E-state index in [-0.39, 0.29) is 35.1 Å². The maximum absolute atomic E-state index is 15.0. The number of ether oxygens (including phenoxy) is 2. The Bertz CT molecular complexity index is 1180. The molecular formula is C19H17ClFN5O4. The Hall–Kier alpha value is -3.24. The van der Waals surface area contributed by atoms with Crippen LogP contribution in [0, 0.1) is 5.82 Å². The molecule has 0 radical (unpaired) electrons. The van der Waals surface area contributed by atoms with E-state index in [1.807, 2.05) is 0 Å². The van der Waals surface area contributed by atoms with Gasteiger partial charge in [0.2, 0.25) is 0 Å². The second kappa shape index (κ2) is 8.25. The molecule has 0 spiro atoms. The van der Waals surface area contributed by atoms with Crippen molar-refractivity contribution >= 4 is 17.5 Å². The van der Waals surface area contributed by atoms with Crippen molar-refractivity contribution in [2.24, 2.45) is 0 Å². The summed E-state index contributed by atoms with van der Waals surface area (Å²) in [5.41, 5.74) is 0.624. The van der Waals surface area contributed by atoms with Crippen molar-refractivity contribution in [3.63, 3.8) is 0 Å². The number of hydrogen-bond acceptors (Lipinski definition) is 6. The Balaban J connectivity index is 1.71. The molecule has 2 N–H and O–H groups in total. The van der Waals surface area contributed by atoms with Gasteiger partial charge in [0.15, 0.2) is 5.82 Å². The zero-order valence-corrected chi connectivity index (χ0v) is 16.6. The summed E-state index contributed by atoms with van der Waals surface area (Å²) in [5.74, 6) is -1.17. The number of rotatable bonds is 6. The molecule has 3 aromatic rings. The van der Waals surface area contributed by atoms with Gasteiger partial charge in [0.1, 0.15) is 17.6 Å². The van der Waals surface area contributed by atoms with E-state index in [0.717, 1.165) is 4.57 Å². The lowest BCUT2D eigenvalue weighted by Crippen LogP contribution is -2.31. The molecule has 156 valence electrons. The lowest BCUT2D eigenvalue weighted by molar-refractivity contribution is 0.0946. The summed E-state index contributed by atoms with van der Waals surface area (Å²) < 4.78 is 26.2. The number of hydrogen-bond donors (Lipinski definition) is 2. The molecule has 30 heavy (non-hydrogen) atoms. The van der Waals surface area contributed by atoms with Gasteiger partial charge in [0.05, 0.1) is 12.2 Å². The van der Waals surface area contributed by atoms with Crippen molar-refractivity contribution in [3.8, 4) is 23.1 Å². The minimum atomic E-state index is -0.993. The molecule has 4 heterocycles. The molecule has 3 aromatic heterocycles. The smallest absolute Gasteiger partial charge is 0.319 e. The number of pyridine rings is 1. The van der Waals surface area contributed by atoms with E-state index in [9.17, 15) is 14.0 Å². The first kappa shape index (κ1) is 20.0. The van der Waals surface area contributed by atoms with Gasteiger partial charge < -0.3 is 19.8 Å². The highest BCUT2D eigenvalue weighted by Gasteiger charge is 2.22. The number of fused-ring (bicyclic) bond motifs is 1. The molecule has 1 aliphatic rings. The van der Waals surface area contributed by atoms with E-state index >= 15 is 0 Å². The second-order valence-corrected chi connectivity index (χ2v) is 6.86. The monoisotopic (exact) mass is 433 g/mol. The molecule has 0 saturated heterocycles. The zero-order valence-electron chi connectivity index (χ0n) is 15.9. The largest absolute Gasteiger partial charge is 0.461 e. The number of methoxy groups -OCH3 is 1. The lowest BCUT2D eigenvalue weighted by Gasteiger charge is -2.11. The first-order valence-corrected chi connectivity index (χ1v) is 9.44. The lowest BCUT2D eigenvalue weighted by atomic mass is 10.1. The molecule has 0 saturated carbocycles. The molecule has 0 fully saturated rings. The van der Waals surface area contributed by atoms with Crippen LogP contribution < -0.4 is 15.6 Å². The summed E-state index contributed by atoms with van der Waals surface area (Å²) in [5, 5.41) is 2.76. The summed E-state index contributed by atoms with van der Waals surface area (Å²) in [6, 6.07) is 4.22. The molecule has 0 atom stereocenters. The predicted octanol–water partition coefficient (Wildman–Crippen LogP) is 1.73. The fraction of sp³-hybridized carbons (Fsp3) is 0.263. The number of aromatic amines is 1. The summed E-state index contributed by atoms with van der Waals surface area (Å²) in [4.78, 5) is 35.7. The Morgan fingerprint density at radius 3 is 2.83 bits per heavy atom. The van der Waals surface area contributed by atoms with Gasteiger partial charge in [-0.2, -0.15) is 9.97 Å². The first-order chi connectivity index (χ1) is 14.5. The number of H-pyrrole nitrogens is 1. The Morgan fingerprint density at radius 1 is 1.23 bits per heavy atom. The van der Waals surface area contributed by atoms with Crippen LogP contribution in [0.15, 0.2) is 29.2 Å². The third kappa shape index (κ3) is 3.79. The van der Waals surface area contributed by atoms with E-state index in [1.54, 1.807) is 0 Å². The third-order valence-corrected chi connectivity index (χ3v) is 4.75. The molecule has 4 rings (SSSR count). The Morgan fingerprint density at radius 2 is 2.07 bits per heavy atom. The van der Waals surface area contributed by atoms with E-state index in [0.29, 0.717) is 36.5 Å². The standard InChI is InChI=1S/C19H17ClFN5O4/c1-29-6-7-30-19-24-14(20)9-15(25-19)26-5-3-10(16(21)18(26)28)13-8-11-12(23-13)2-4-22-17(11)27/h3,5,8-9,23H,2,4,6-7H2,1H3,(H,22,27). The maximum atomic E-state index is 15.0. The van der Waals surface area contributed by atoms with Crippen molar-refractivity contribution in [2.45, 2.75) is 6.42 Å². The number of aromatic nitrogens is 4. The van der Waals surface area contributed by atoms with Crippen LogP contribution in [0.2, 0.25) is 5.15 Å². The molecule has 1 aliphatic heterocycles. The number of halogens is 2. The van der Waals surface area contributed by atoms with Crippen molar-refractivity contribution in [2.75, 3.05) is 26.9 Å². The average Bonchev–Trinajstić information content (AvgIpc) is 3.15. The SMILES string of the molecule is COCCOc1nc(Cl)cc(-n2ccc(-c3cc4c([nH]3)CCNC4=O)c(F)c2=O)n1. The average molecular weight is 434 g/mol. The highest BCUT2D eigenvalue weighted by atomic mass is 35.5. The van der Waals surface area contributed by atoms with Gasteiger partial charge in [0, 0.05) is 49.3 Å². The van der Waals surface area contributed by atoms with Crippen molar-refractivity contribution in [1.82, 2.24) is 24.8 Å². The van der Waals surface area contributed by atoms with Crippen LogP contribution in [0.25, 0.3) is 17.1 Å². The molecule has 11 heteroatoms. The molecular weight excluding hydrogens is 417 g/mol. The van der Waals surface area contributed by atoms with E-state index in [1.165, 1.54) is 31.5 Å². The van der Waals surface area contributed by atoms with Crippen LogP contribution >= 0.6 is 11.6 Å². The van der Waals surface area contributed by atoms with E-state index in [2.05, 4.69) is 20.3 Å². The quantitative estimate of drug-likeness (QED) is 0.452. The van der Waals surface area contributed by atoms with Crippen molar-refractivity contribution < 1.29 is 18.7 Å². The van der Waals surface area contributed by atoms with Gasteiger partial charge in [-0.15, -0.1) is 0 Å². The molecule has 0 aromatic carbocycles. The number of carbonyl (C=O) groups is 1. The van der Waals surface area contributed by atoms with Gasteiger partial charge in [-0.1, -0.05) is 11.6 Å². The molecule has 0 bridgehead atoms. The van der Waals surface area contributed by atoms with Gasteiger partial charge in [-0.3, -0.25) is 14.2 Å². The minimum absolute atomic E-state index is 0.0341. The van der Waals surface area contributed by atoms with Crippen LogP contribution in [0.1, 0.15) is 16.1 Å². The summed E-state index contributed by atoms with van der Waals surface area (Å²) in [6.45, 7) is 0.995. The van der Waals surface area contributed by atoms with E-state index < -0.39 is 11.4 Å². The second-order valence-electron chi connectivity index (χ2n) is 6.47. The summed E-state index contributed by atoms with van der Waals surface area (Å²) >= 11 is 5.99. The fourth-order valence-corrected chi connectivity index (χ4v) is 3.30. The van der Waals surface area contributed by atoms with Gasteiger partial charge in [0.25, 0.3) is 11.5 Å². The van der Waals surface area contributed by atoms with Crippen molar-refractivity contribution in [3.05, 3.63) is 57.0 Å². The van der Waals surface area contributed by atoms with Crippen LogP contribution in [-0.2, 0) is 11.2 Å². The Kier molecular flexibility index (Phi) is 5.51. The number of nitrogens with one attached hydrogen (secondary N) is 2. The fourth-order valence-electron chi connectivity index (χ4n) is 3.13. The van der Waals surface area contributed by atoms with Crippen LogP contribution in [-0.4, -0.2) is 52.3 Å². The van der Waals surface area contributed by atoms with Gasteiger partial charge >= 0.3 is 6.01 Å². The normalized spacial score (nSPS) is 13.1. The molecule has 0 aliphatic carbocycles. The number of nitrogens with zero attached hydrogens (tertiary/aromatic N) is 3. The van der Waals surface area contributed by atoms with Crippen LogP contribution in [0.3, 0.4) is 0 Å². The first-order valence-electron chi connectivity index (χ1n) is 9.06. The highest BCUT2D eigenvalue weighted by molar-refractivity contribution is 6.29. The topological polar surface area (TPSA) is 111 Å². The van der Waals surface area contributed by atoms with Crippen LogP contribution in [0.4, 0.5) is 4.39 Å². The van der Waals surface area contributed by atoms with Crippen LogP contribution in [0.5, 0.6) is 6.01 Å². The summed E-state index contributed by atoms with van der Waals surface area (Å²) in [7, 11) is 1.52. The van der Waals surface area contributed by atoms with Gasteiger partial charge in [-0.05, 0) is 12.1 Å². The summed E-state index contributed by atoms with van der Waals surface area (Å²) in [6.07, 6.45) is 1.98. The van der Waals surface area contributed by atoms with E-state index in [4.69, 9.17) is 21.1 Å². The molecule has 9 nitrogen and oxygen atoms in total. The maximum Gasteiger partial charge on any atom is 0.319 e. The number of carbonyl (C=O) groups excluding carboxylic acids is 1.